The van der Waals surface area contributed by atoms with Gasteiger partial charge in [-0.25, -0.2) is 4.98 Å². The van der Waals surface area contributed by atoms with E-state index >= 15 is 0 Å². The molecule has 2 rings (SSSR count). The largest absolute Gasteiger partial charge is 0.440 e. The fraction of sp³-hybridized carbons (Fsp3) is 0.300. The first kappa shape index (κ1) is 10.7. The molecule has 0 bridgehead atoms. The van der Waals surface area contributed by atoms with Gasteiger partial charge in [-0.1, -0.05) is 11.6 Å². The Morgan fingerprint density at radius 3 is 3.07 bits per heavy atom. The summed E-state index contributed by atoms with van der Waals surface area (Å²) < 4.78 is 6.34. The SMILES string of the molecule is CNCCc1cnc(-c2ccc(Cl)s2)o1. The van der Waals surface area contributed by atoms with E-state index in [1.54, 1.807) is 6.20 Å². The van der Waals surface area contributed by atoms with Crippen molar-refractivity contribution in [2.75, 3.05) is 13.6 Å². The first-order valence-corrected chi connectivity index (χ1v) is 5.84. The number of rotatable bonds is 4. The second kappa shape index (κ2) is 4.79. The molecule has 5 heteroatoms. The van der Waals surface area contributed by atoms with Crippen LogP contribution in [0.3, 0.4) is 0 Å². The van der Waals surface area contributed by atoms with Gasteiger partial charge in [-0.15, -0.1) is 11.3 Å². The number of halogens is 1. The van der Waals surface area contributed by atoms with Crippen molar-refractivity contribution >= 4 is 22.9 Å². The molecule has 0 amide bonds. The molecule has 0 unspecified atom stereocenters. The van der Waals surface area contributed by atoms with Gasteiger partial charge in [-0.2, -0.15) is 0 Å². The molecule has 0 fully saturated rings. The highest BCUT2D eigenvalue weighted by Crippen LogP contribution is 2.30. The molecule has 3 nitrogen and oxygen atoms in total. The quantitative estimate of drug-likeness (QED) is 0.896. The van der Waals surface area contributed by atoms with E-state index in [1.807, 2.05) is 19.2 Å². The van der Waals surface area contributed by atoms with E-state index in [1.165, 1.54) is 11.3 Å². The first-order chi connectivity index (χ1) is 7.29. The molecule has 2 heterocycles. The lowest BCUT2D eigenvalue weighted by atomic mass is 10.3. The van der Waals surface area contributed by atoms with Crippen molar-refractivity contribution in [1.82, 2.24) is 10.3 Å². The Hall–Kier alpha value is -0.840. The van der Waals surface area contributed by atoms with Crippen molar-refractivity contribution < 1.29 is 4.42 Å². The second-order valence-electron chi connectivity index (χ2n) is 3.09. The summed E-state index contributed by atoms with van der Waals surface area (Å²) in [6.07, 6.45) is 2.61. The molecule has 0 aromatic carbocycles. The van der Waals surface area contributed by atoms with Crippen molar-refractivity contribution in [3.8, 4) is 10.8 Å². The maximum atomic E-state index is 5.84. The highest BCUT2D eigenvalue weighted by molar-refractivity contribution is 7.19. The van der Waals surface area contributed by atoms with Gasteiger partial charge in [0.2, 0.25) is 5.89 Å². The summed E-state index contributed by atoms with van der Waals surface area (Å²) in [6, 6.07) is 3.76. The first-order valence-electron chi connectivity index (χ1n) is 4.64. The third kappa shape index (κ3) is 2.59. The second-order valence-corrected chi connectivity index (χ2v) is 4.80. The van der Waals surface area contributed by atoms with Crippen LogP contribution in [0.15, 0.2) is 22.7 Å². The van der Waals surface area contributed by atoms with E-state index in [9.17, 15) is 0 Å². The summed E-state index contributed by atoms with van der Waals surface area (Å²) in [7, 11) is 1.91. The summed E-state index contributed by atoms with van der Waals surface area (Å²) in [4.78, 5) is 5.18. The Morgan fingerprint density at radius 1 is 1.53 bits per heavy atom. The summed E-state index contributed by atoms with van der Waals surface area (Å²) >= 11 is 7.31. The third-order valence-electron chi connectivity index (χ3n) is 1.96. The van der Waals surface area contributed by atoms with Gasteiger partial charge in [-0.3, -0.25) is 0 Å². The average Bonchev–Trinajstić information content (AvgIpc) is 2.83. The van der Waals surface area contributed by atoms with E-state index in [4.69, 9.17) is 16.0 Å². The molecule has 0 saturated carbocycles. The normalized spacial score (nSPS) is 10.8. The zero-order valence-electron chi connectivity index (χ0n) is 8.29. The molecule has 80 valence electrons. The molecule has 0 spiro atoms. The van der Waals surface area contributed by atoms with E-state index in [0.717, 1.165) is 27.9 Å². The van der Waals surface area contributed by atoms with Gasteiger partial charge in [0.15, 0.2) is 0 Å². The van der Waals surface area contributed by atoms with Crippen molar-refractivity contribution in [1.29, 1.82) is 0 Å². The van der Waals surface area contributed by atoms with Crippen LogP contribution in [0.5, 0.6) is 0 Å². The van der Waals surface area contributed by atoms with Crippen LogP contribution in [0.4, 0.5) is 0 Å². The van der Waals surface area contributed by atoms with Gasteiger partial charge < -0.3 is 9.73 Å². The lowest BCUT2D eigenvalue weighted by Gasteiger charge is -1.93. The Morgan fingerprint density at radius 2 is 2.40 bits per heavy atom. The van der Waals surface area contributed by atoms with Crippen LogP contribution in [-0.2, 0) is 6.42 Å². The lowest BCUT2D eigenvalue weighted by molar-refractivity contribution is 0.513. The molecule has 1 N–H and O–H groups in total. The molecule has 2 aromatic rings. The zero-order valence-corrected chi connectivity index (χ0v) is 9.86. The number of oxazole rings is 1. The standard InChI is InChI=1S/C10H11ClN2OS/c1-12-5-4-7-6-13-10(14-7)8-2-3-9(11)15-8/h2-3,6,12H,4-5H2,1H3. The Labute approximate surface area is 97.1 Å². The van der Waals surface area contributed by atoms with Gasteiger partial charge in [-0.05, 0) is 19.2 Å². The molecule has 2 aromatic heterocycles. The fourth-order valence-electron chi connectivity index (χ4n) is 1.21. The minimum atomic E-state index is 0.651. The van der Waals surface area contributed by atoms with Gasteiger partial charge >= 0.3 is 0 Å². The minimum absolute atomic E-state index is 0.651. The number of hydrogen-bond donors (Lipinski definition) is 1. The van der Waals surface area contributed by atoms with Crippen LogP contribution >= 0.6 is 22.9 Å². The maximum Gasteiger partial charge on any atom is 0.236 e. The van der Waals surface area contributed by atoms with Crippen LogP contribution in [0.2, 0.25) is 4.34 Å². The number of nitrogens with one attached hydrogen (secondary N) is 1. The Kier molecular flexibility index (Phi) is 3.41. The van der Waals surface area contributed by atoms with E-state index < -0.39 is 0 Å². The summed E-state index contributed by atoms with van der Waals surface area (Å²) in [5.41, 5.74) is 0. The summed E-state index contributed by atoms with van der Waals surface area (Å²) in [6.45, 7) is 0.889. The lowest BCUT2D eigenvalue weighted by Crippen LogP contribution is -2.09. The van der Waals surface area contributed by atoms with Crippen LogP contribution in [0.1, 0.15) is 5.76 Å². The highest BCUT2D eigenvalue weighted by Gasteiger charge is 2.08. The molecular weight excluding hydrogens is 232 g/mol. The summed E-state index contributed by atoms with van der Waals surface area (Å²) in [5, 5.41) is 3.06. The van der Waals surface area contributed by atoms with E-state index in [2.05, 4.69) is 10.3 Å². The van der Waals surface area contributed by atoms with E-state index in [0.29, 0.717) is 5.89 Å². The zero-order chi connectivity index (χ0) is 10.7. The third-order valence-corrected chi connectivity index (χ3v) is 3.18. The molecule has 0 saturated heterocycles. The topological polar surface area (TPSA) is 38.1 Å². The van der Waals surface area contributed by atoms with Crippen LogP contribution < -0.4 is 5.32 Å². The number of aromatic nitrogens is 1. The minimum Gasteiger partial charge on any atom is -0.440 e. The Bertz CT molecular complexity index is 438. The highest BCUT2D eigenvalue weighted by atomic mass is 35.5. The van der Waals surface area contributed by atoms with Crippen LogP contribution in [-0.4, -0.2) is 18.6 Å². The van der Waals surface area contributed by atoms with Gasteiger partial charge in [0.1, 0.15) is 5.76 Å². The molecule has 0 aliphatic heterocycles. The van der Waals surface area contributed by atoms with Gasteiger partial charge in [0.05, 0.1) is 15.4 Å². The van der Waals surface area contributed by atoms with Crippen molar-refractivity contribution in [3.05, 3.63) is 28.4 Å². The number of nitrogens with zero attached hydrogens (tertiary/aromatic N) is 1. The molecule has 0 aliphatic carbocycles. The van der Waals surface area contributed by atoms with Crippen molar-refractivity contribution in [3.63, 3.8) is 0 Å². The Balaban J connectivity index is 2.13. The smallest absolute Gasteiger partial charge is 0.236 e. The summed E-state index contributed by atoms with van der Waals surface area (Å²) in [5.74, 6) is 1.54. The van der Waals surface area contributed by atoms with Crippen LogP contribution in [0.25, 0.3) is 10.8 Å². The molecular formula is C10H11ClN2OS. The van der Waals surface area contributed by atoms with Gasteiger partial charge in [0, 0.05) is 13.0 Å². The van der Waals surface area contributed by atoms with Crippen molar-refractivity contribution in [2.24, 2.45) is 0 Å². The number of likely N-dealkylation sites (N-methyl/N-ethyl adjacent to an activating group) is 1. The molecule has 0 aliphatic rings. The van der Waals surface area contributed by atoms with Crippen molar-refractivity contribution in [2.45, 2.75) is 6.42 Å². The molecule has 0 radical (unpaired) electrons. The fourth-order valence-corrected chi connectivity index (χ4v) is 2.19. The molecule has 15 heavy (non-hydrogen) atoms. The molecule has 0 atom stereocenters. The van der Waals surface area contributed by atoms with Crippen LogP contribution in [0, 0.1) is 0 Å². The predicted molar refractivity (Wildman–Crippen MR) is 62.5 cm³/mol. The number of hydrogen-bond acceptors (Lipinski definition) is 4. The van der Waals surface area contributed by atoms with E-state index in [-0.39, 0.29) is 0 Å². The van der Waals surface area contributed by atoms with Gasteiger partial charge in [0.25, 0.3) is 0 Å². The monoisotopic (exact) mass is 242 g/mol. The maximum absolute atomic E-state index is 5.84. The number of thiophene rings is 1. The average molecular weight is 243 g/mol. The predicted octanol–water partition coefficient (Wildman–Crippen LogP) is 2.82.